The first-order valence-corrected chi connectivity index (χ1v) is 11.3. The lowest BCUT2D eigenvalue weighted by Crippen LogP contribution is -2.36. The SMILES string of the molecule is CCNC(=NCc1ccc(C)cc1OCC1CCCO1)NCc1csc(CC)n1. The number of aryl methyl sites for hydroxylation is 2. The van der Waals surface area contributed by atoms with E-state index >= 15 is 0 Å². The zero-order valence-corrected chi connectivity index (χ0v) is 18.5. The minimum absolute atomic E-state index is 0.206. The molecule has 1 aliphatic rings. The summed E-state index contributed by atoms with van der Waals surface area (Å²) in [5.41, 5.74) is 3.31. The van der Waals surface area contributed by atoms with Crippen molar-refractivity contribution in [3.8, 4) is 5.75 Å². The van der Waals surface area contributed by atoms with Gasteiger partial charge in [-0.15, -0.1) is 11.3 Å². The highest BCUT2D eigenvalue weighted by Crippen LogP contribution is 2.23. The van der Waals surface area contributed by atoms with Crippen molar-refractivity contribution >= 4 is 17.3 Å². The Bertz CT molecular complexity index is 800. The fourth-order valence-corrected chi connectivity index (χ4v) is 3.90. The molecule has 3 rings (SSSR count). The molecule has 7 heteroatoms. The van der Waals surface area contributed by atoms with Crippen molar-refractivity contribution < 1.29 is 9.47 Å². The van der Waals surface area contributed by atoms with Gasteiger partial charge in [0.25, 0.3) is 0 Å². The van der Waals surface area contributed by atoms with Gasteiger partial charge in [-0.1, -0.05) is 19.1 Å². The lowest BCUT2D eigenvalue weighted by Gasteiger charge is -2.15. The summed E-state index contributed by atoms with van der Waals surface area (Å²) in [4.78, 5) is 9.36. The Labute approximate surface area is 177 Å². The van der Waals surface area contributed by atoms with Crippen molar-refractivity contribution in [2.24, 2.45) is 4.99 Å². The number of thiazole rings is 1. The van der Waals surface area contributed by atoms with Crippen LogP contribution in [0.5, 0.6) is 5.75 Å². The number of guanidine groups is 1. The van der Waals surface area contributed by atoms with E-state index in [4.69, 9.17) is 14.5 Å². The van der Waals surface area contributed by atoms with E-state index in [2.05, 4.69) is 60.0 Å². The first-order chi connectivity index (χ1) is 14.2. The summed E-state index contributed by atoms with van der Waals surface area (Å²) < 4.78 is 11.8. The van der Waals surface area contributed by atoms with E-state index in [9.17, 15) is 0 Å². The van der Waals surface area contributed by atoms with Gasteiger partial charge in [0.05, 0.1) is 29.9 Å². The fourth-order valence-electron chi connectivity index (χ4n) is 3.16. The zero-order chi connectivity index (χ0) is 20.5. The van der Waals surface area contributed by atoms with Crippen LogP contribution in [0.15, 0.2) is 28.6 Å². The maximum atomic E-state index is 6.09. The molecular weight excluding hydrogens is 384 g/mol. The molecule has 0 radical (unpaired) electrons. The summed E-state index contributed by atoms with van der Waals surface area (Å²) in [6, 6.07) is 6.29. The van der Waals surface area contributed by atoms with E-state index in [1.54, 1.807) is 11.3 Å². The van der Waals surface area contributed by atoms with Crippen molar-refractivity contribution in [2.75, 3.05) is 19.8 Å². The van der Waals surface area contributed by atoms with Crippen molar-refractivity contribution in [3.05, 3.63) is 45.4 Å². The van der Waals surface area contributed by atoms with Crippen LogP contribution in [0.4, 0.5) is 0 Å². The van der Waals surface area contributed by atoms with Crippen molar-refractivity contribution in [3.63, 3.8) is 0 Å². The summed E-state index contributed by atoms with van der Waals surface area (Å²) >= 11 is 1.71. The van der Waals surface area contributed by atoms with Gasteiger partial charge in [-0.05, 0) is 44.7 Å². The summed E-state index contributed by atoms with van der Waals surface area (Å²) in [6.07, 6.45) is 3.37. The molecule has 2 aromatic rings. The van der Waals surface area contributed by atoms with Crippen LogP contribution in [0.3, 0.4) is 0 Å². The van der Waals surface area contributed by atoms with Crippen molar-refractivity contribution in [1.29, 1.82) is 0 Å². The Morgan fingerprint density at radius 2 is 2.24 bits per heavy atom. The number of aromatic nitrogens is 1. The lowest BCUT2D eigenvalue weighted by molar-refractivity contribution is 0.0676. The molecule has 0 aliphatic carbocycles. The van der Waals surface area contributed by atoms with E-state index < -0.39 is 0 Å². The van der Waals surface area contributed by atoms with Gasteiger partial charge in [-0.3, -0.25) is 0 Å². The maximum Gasteiger partial charge on any atom is 0.191 e. The molecule has 1 saturated heterocycles. The Morgan fingerprint density at radius 1 is 1.34 bits per heavy atom. The largest absolute Gasteiger partial charge is 0.491 e. The first kappa shape index (κ1) is 21.6. The molecule has 1 aliphatic heterocycles. The minimum atomic E-state index is 0.206. The van der Waals surface area contributed by atoms with E-state index in [0.717, 1.165) is 60.4 Å². The fraction of sp³-hybridized carbons (Fsp3) is 0.545. The molecular formula is C22H32N4O2S. The first-order valence-electron chi connectivity index (χ1n) is 10.5. The van der Waals surface area contributed by atoms with Crippen LogP contribution in [0, 0.1) is 6.92 Å². The second kappa shape index (κ2) is 11.2. The second-order valence-corrected chi connectivity index (χ2v) is 8.13. The van der Waals surface area contributed by atoms with Crippen LogP contribution in [-0.4, -0.2) is 36.8 Å². The third-order valence-electron chi connectivity index (χ3n) is 4.76. The monoisotopic (exact) mass is 416 g/mol. The smallest absolute Gasteiger partial charge is 0.191 e. The van der Waals surface area contributed by atoms with E-state index in [1.807, 2.05) is 0 Å². The predicted molar refractivity (Wildman–Crippen MR) is 119 cm³/mol. The molecule has 29 heavy (non-hydrogen) atoms. The normalized spacial score (nSPS) is 16.8. The number of nitrogens with zero attached hydrogens (tertiary/aromatic N) is 2. The number of hydrogen-bond donors (Lipinski definition) is 2. The number of aliphatic imine (C=N–C) groups is 1. The van der Waals surface area contributed by atoms with Gasteiger partial charge in [-0.2, -0.15) is 0 Å². The van der Waals surface area contributed by atoms with Crippen LogP contribution in [0.25, 0.3) is 0 Å². The van der Waals surface area contributed by atoms with Gasteiger partial charge in [0.1, 0.15) is 12.4 Å². The molecule has 2 N–H and O–H groups in total. The van der Waals surface area contributed by atoms with Gasteiger partial charge in [0.15, 0.2) is 5.96 Å². The van der Waals surface area contributed by atoms with Gasteiger partial charge in [0.2, 0.25) is 0 Å². The predicted octanol–water partition coefficient (Wildman–Crippen LogP) is 3.83. The van der Waals surface area contributed by atoms with E-state index in [-0.39, 0.29) is 6.10 Å². The second-order valence-electron chi connectivity index (χ2n) is 7.19. The molecule has 0 bridgehead atoms. The van der Waals surface area contributed by atoms with Crippen molar-refractivity contribution in [1.82, 2.24) is 15.6 Å². The van der Waals surface area contributed by atoms with Crippen LogP contribution >= 0.6 is 11.3 Å². The third-order valence-corrected chi connectivity index (χ3v) is 5.80. The third kappa shape index (κ3) is 6.72. The maximum absolute atomic E-state index is 6.09. The van der Waals surface area contributed by atoms with E-state index in [0.29, 0.717) is 19.7 Å². The van der Waals surface area contributed by atoms with Crippen LogP contribution < -0.4 is 15.4 Å². The lowest BCUT2D eigenvalue weighted by atomic mass is 10.1. The standard InChI is InChI=1S/C22H32N4O2S/c1-4-21-26-18(15-29-21)13-25-22(23-5-2)24-12-17-9-8-16(3)11-20(17)28-14-19-7-6-10-27-19/h8-9,11,15,19H,4-7,10,12-14H2,1-3H3,(H2,23,24,25). The molecule has 1 fully saturated rings. The van der Waals surface area contributed by atoms with Crippen LogP contribution in [0.2, 0.25) is 0 Å². The highest BCUT2D eigenvalue weighted by atomic mass is 32.1. The molecule has 1 aromatic heterocycles. The highest BCUT2D eigenvalue weighted by molar-refractivity contribution is 7.09. The van der Waals surface area contributed by atoms with Crippen LogP contribution in [0.1, 0.15) is 48.5 Å². The average molecular weight is 417 g/mol. The molecule has 158 valence electrons. The van der Waals surface area contributed by atoms with Gasteiger partial charge < -0.3 is 20.1 Å². The highest BCUT2D eigenvalue weighted by Gasteiger charge is 2.17. The molecule has 6 nitrogen and oxygen atoms in total. The quantitative estimate of drug-likeness (QED) is 0.480. The molecule has 0 amide bonds. The molecule has 0 spiro atoms. The molecule has 0 saturated carbocycles. The molecule has 1 unspecified atom stereocenters. The number of benzene rings is 1. The number of hydrogen-bond acceptors (Lipinski definition) is 5. The summed E-state index contributed by atoms with van der Waals surface area (Å²) in [7, 11) is 0. The van der Waals surface area contributed by atoms with Gasteiger partial charge in [-0.25, -0.2) is 9.98 Å². The number of ether oxygens (including phenoxy) is 2. The van der Waals surface area contributed by atoms with Gasteiger partial charge >= 0.3 is 0 Å². The average Bonchev–Trinajstić information content (AvgIpc) is 3.41. The zero-order valence-electron chi connectivity index (χ0n) is 17.7. The van der Waals surface area contributed by atoms with Gasteiger partial charge in [0, 0.05) is 24.1 Å². The molecule has 2 heterocycles. The Balaban J connectivity index is 1.62. The Kier molecular flexibility index (Phi) is 8.31. The number of nitrogens with one attached hydrogen (secondary N) is 2. The summed E-state index contributed by atoms with van der Waals surface area (Å²) in [6.45, 7) is 9.73. The number of rotatable bonds is 9. The molecule has 1 atom stereocenters. The Morgan fingerprint density at radius 3 is 2.97 bits per heavy atom. The minimum Gasteiger partial charge on any atom is -0.491 e. The summed E-state index contributed by atoms with van der Waals surface area (Å²) in [5.74, 6) is 1.68. The van der Waals surface area contributed by atoms with E-state index in [1.165, 1.54) is 5.56 Å². The summed E-state index contributed by atoms with van der Waals surface area (Å²) in [5, 5.41) is 9.95. The molecule has 1 aromatic carbocycles. The van der Waals surface area contributed by atoms with Crippen molar-refractivity contribution in [2.45, 2.75) is 59.2 Å². The Hall–Kier alpha value is -2.12. The van der Waals surface area contributed by atoms with Crippen LogP contribution in [-0.2, 0) is 24.2 Å². The topological polar surface area (TPSA) is 67.8 Å².